The summed E-state index contributed by atoms with van der Waals surface area (Å²) in [6.45, 7) is 8.57. The van der Waals surface area contributed by atoms with Crippen molar-refractivity contribution in [3.05, 3.63) is 46.8 Å². The lowest BCUT2D eigenvalue weighted by molar-refractivity contribution is 0.108. The summed E-state index contributed by atoms with van der Waals surface area (Å²) in [4.78, 5) is 18.5. The number of hydrogen-bond donors (Lipinski definition) is 2. The Morgan fingerprint density at radius 3 is 2.60 bits per heavy atom. The van der Waals surface area contributed by atoms with Crippen LogP contribution in [0.5, 0.6) is 6.01 Å². The van der Waals surface area contributed by atoms with Crippen molar-refractivity contribution in [1.82, 2.24) is 25.2 Å². The standard InChI is InChI=1S/C34H34F3N7O.C2H6/c1-2-21-23(35)9-8-19-16-24(38)40-30(25(19)21)27-28(36)22-7-3-6-20-17-39-12-15-44(20)32-26(22)31(29(27)37)41-33(42-32)45-18-34-10-4-13-43(34)14-5-11-34;1-2/h1,8-9,16,20,39H,3-7,10-15,17-18H2,(H2,38,40);1-2H3. The summed E-state index contributed by atoms with van der Waals surface area (Å²) >= 11 is 0. The van der Waals surface area contributed by atoms with Crippen LogP contribution in [0.4, 0.5) is 24.8 Å². The number of terminal acetylenes is 1. The Kier molecular flexibility index (Phi) is 8.35. The Morgan fingerprint density at radius 1 is 1.04 bits per heavy atom. The number of nitrogens with two attached hydrogens (primary N) is 1. The highest BCUT2D eigenvalue weighted by Crippen LogP contribution is 2.44. The molecule has 47 heavy (non-hydrogen) atoms. The number of ether oxygens (including phenoxy) is 1. The molecule has 4 aliphatic rings. The topological polar surface area (TPSA) is 92.4 Å². The predicted octanol–water partition coefficient (Wildman–Crippen LogP) is 5.97. The van der Waals surface area contributed by atoms with E-state index in [0.717, 1.165) is 51.7 Å². The van der Waals surface area contributed by atoms with Gasteiger partial charge in [-0.25, -0.2) is 18.2 Å². The highest BCUT2D eigenvalue weighted by molar-refractivity contribution is 6.04. The monoisotopic (exact) mass is 643 g/mol. The van der Waals surface area contributed by atoms with Crippen molar-refractivity contribution >= 4 is 33.3 Å². The van der Waals surface area contributed by atoms with Gasteiger partial charge in [0.2, 0.25) is 0 Å². The van der Waals surface area contributed by atoms with Gasteiger partial charge in [0.15, 0.2) is 5.82 Å². The molecule has 1 unspecified atom stereocenters. The number of aromatic nitrogens is 3. The molecule has 0 aliphatic carbocycles. The molecule has 4 aliphatic heterocycles. The summed E-state index contributed by atoms with van der Waals surface area (Å²) in [7, 11) is 0. The fourth-order valence-corrected chi connectivity index (χ4v) is 8.20. The van der Waals surface area contributed by atoms with Crippen molar-refractivity contribution in [2.75, 3.05) is 50.0 Å². The second-order valence-electron chi connectivity index (χ2n) is 12.7. The summed E-state index contributed by atoms with van der Waals surface area (Å²) in [6, 6.07) is 4.39. The van der Waals surface area contributed by atoms with Gasteiger partial charge in [-0.3, -0.25) is 4.90 Å². The average molecular weight is 644 g/mol. The second-order valence-corrected chi connectivity index (χ2v) is 12.7. The van der Waals surface area contributed by atoms with E-state index in [1.54, 1.807) is 0 Å². The van der Waals surface area contributed by atoms with E-state index in [2.05, 4.69) is 31.0 Å². The molecule has 3 saturated heterocycles. The van der Waals surface area contributed by atoms with Crippen molar-refractivity contribution in [3.8, 4) is 29.6 Å². The maximum absolute atomic E-state index is 17.1. The molecule has 8 nitrogen and oxygen atoms in total. The Morgan fingerprint density at radius 2 is 1.83 bits per heavy atom. The lowest BCUT2D eigenvalue weighted by atomic mass is 9.91. The van der Waals surface area contributed by atoms with Gasteiger partial charge in [-0.05, 0) is 75.6 Å². The van der Waals surface area contributed by atoms with E-state index < -0.39 is 23.0 Å². The molecule has 0 bridgehead atoms. The van der Waals surface area contributed by atoms with E-state index in [1.165, 1.54) is 18.2 Å². The molecule has 4 aromatic rings. The first kappa shape index (κ1) is 31.5. The number of fused-ring (bicyclic) bond motifs is 4. The highest BCUT2D eigenvalue weighted by Gasteiger charge is 2.45. The summed E-state index contributed by atoms with van der Waals surface area (Å²) in [5.41, 5.74) is 5.59. The summed E-state index contributed by atoms with van der Waals surface area (Å²) in [5.74, 6) is 0.453. The molecule has 6 heterocycles. The van der Waals surface area contributed by atoms with E-state index >= 15 is 8.78 Å². The van der Waals surface area contributed by atoms with Gasteiger partial charge in [0.1, 0.15) is 35.4 Å². The Hall–Kier alpha value is -4.14. The average Bonchev–Trinajstić information content (AvgIpc) is 3.66. The molecule has 246 valence electrons. The number of hydrogen-bond acceptors (Lipinski definition) is 8. The van der Waals surface area contributed by atoms with Crippen LogP contribution < -0.4 is 20.7 Å². The van der Waals surface area contributed by atoms with Crippen molar-refractivity contribution in [1.29, 1.82) is 0 Å². The van der Waals surface area contributed by atoms with Crippen LogP contribution in [0.15, 0.2) is 18.2 Å². The molecule has 0 amide bonds. The van der Waals surface area contributed by atoms with Crippen LogP contribution in [0.3, 0.4) is 0 Å². The van der Waals surface area contributed by atoms with Gasteiger partial charge >= 0.3 is 6.01 Å². The Balaban J connectivity index is 0.00000172. The molecule has 11 heteroatoms. The molecular formula is C36H40F3N7O. The summed E-state index contributed by atoms with van der Waals surface area (Å²) in [6.07, 6.45) is 11.8. The van der Waals surface area contributed by atoms with Crippen LogP contribution in [0, 0.1) is 29.8 Å². The minimum atomic E-state index is -0.930. The van der Waals surface area contributed by atoms with Crippen molar-refractivity contribution in [2.45, 2.75) is 70.4 Å². The van der Waals surface area contributed by atoms with Crippen molar-refractivity contribution < 1.29 is 17.9 Å². The van der Waals surface area contributed by atoms with Gasteiger partial charge in [0.05, 0.1) is 27.7 Å². The summed E-state index contributed by atoms with van der Waals surface area (Å²) in [5, 5.41) is 4.34. The van der Waals surface area contributed by atoms with Crippen LogP contribution in [0.2, 0.25) is 0 Å². The first-order valence-corrected chi connectivity index (χ1v) is 16.8. The molecule has 2 aromatic carbocycles. The number of nitrogens with zero attached hydrogens (tertiary/aromatic N) is 5. The van der Waals surface area contributed by atoms with E-state index in [4.69, 9.17) is 21.9 Å². The van der Waals surface area contributed by atoms with Gasteiger partial charge in [-0.15, -0.1) is 6.42 Å². The fraction of sp³-hybridized carbons (Fsp3) is 0.472. The van der Waals surface area contributed by atoms with Gasteiger partial charge in [0, 0.05) is 36.6 Å². The third-order valence-electron chi connectivity index (χ3n) is 10.3. The quantitative estimate of drug-likeness (QED) is 0.263. The zero-order valence-corrected chi connectivity index (χ0v) is 26.9. The molecule has 3 N–H and O–H groups in total. The lowest BCUT2D eigenvalue weighted by Gasteiger charge is -2.39. The number of aryl methyl sites for hydroxylation is 1. The lowest BCUT2D eigenvalue weighted by Crippen LogP contribution is -2.52. The third kappa shape index (κ3) is 5.13. The zero-order chi connectivity index (χ0) is 32.9. The molecule has 1 atom stereocenters. The number of piperazine rings is 1. The van der Waals surface area contributed by atoms with E-state index in [0.29, 0.717) is 54.7 Å². The highest BCUT2D eigenvalue weighted by atomic mass is 19.1. The van der Waals surface area contributed by atoms with E-state index in [1.807, 2.05) is 13.8 Å². The number of pyridine rings is 1. The van der Waals surface area contributed by atoms with Crippen molar-refractivity contribution in [2.24, 2.45) is 0 Å². The number of nitrogen functional groups attached to an aromatic ring is 1. The van der Waals surface area contributed by atoms with Gasteiger partial charge in [-0.2, -0.15) is 9.97 Å². The van der Waals surface area contributed by atoms with Crippen LogP contribution in [-0.2, 0) is 6.42 Å². The fourth-order valence-electron chi connectivity index (χ4n) is 8.20. The van der Waals surface area contributed by atoms with E-state index in [-0.39, 0.29) is 45.6 Å². The number of rotatable bonds is 4. The minimum Gasteiger partial charge on any atom is -0.461 e. The second kappa shape index (κ2) is 12.5. The Bertz CT molecular complexity index is 1900. The number of anilines is 2. The molecule has 0 radical (unpaired) electrons. The van der Waals surface area contributed by atoms with Crippen LogP contribution >= 0.6 is 0 Å². The predicted molar refractivity (Wildman–Crippen MR) is 179 cm³/mol. The largest absolute Gasteiger partial charge is 0.461 e. The summed E-state index contributed by atoms with van der Waals surface area (Å²) < 4.78 is 55.3. The minimum absolute atomic E-state index is 0.0293. The molecule has 0 spiro atoms. The van der Waals surface area contributed by atoms with Crippen LogP contribution in [0.1, 0.15) is 63.5 Å². The number of halogens is 3. The molecule has 2 aromatic heterocycles. The van der Waals surface area contributed by atoms with Gasteiger partial charge in [-0.1, -0.05) is 25.8 Å². The van der Waals surface area contributed by atoms with Gasteiger partial charge in [0.25, 0.3) is 0 Å². The molecular weight excluding hydrogens is 603 g/mol. The van der Waals surface area contributed by atoms with E-state index in [9.17, 15) is 4.39 Å². The Labute approximate surface area is 272 Å². The first-order chi connectivity index (χ1) is 22.9. The molecule has 3 fully saturated rings. The van der Waals surface area contributed by atoms with Crippen molar-refractivity contribution in [3.63, 3.8) is 0 Å². The first-order valence-electron chi connectivity index (χ1n) is 16.8. The molecule has 8 rings (SSSR count). The number of benzene rings is 2. The van der Waals surface area contributed by atoms with Crippen LogP contribution in [-0.4, -0.2) is 70.8 Å². The molecule has 0 saturated carbocycles. The smallest absolute Gasteiger partial charge is 0.319 e. The SMILES string of the molecule is C#Cc1c(F)ccc2cc(N)nc(-c3c(F)c4c5c(nc(OCC67CCCN6CCC7)nc5c3F)N3CCNCC3CCC4)c12.CC. The maximum Gasteiger partial charge on any atom is 0.319 e. The third-order valence-corrected chi connectivity index (χ3v) is 10.3. The maximum atomic E-state index is 17.1. The van der Waals surface area contributed by atoms with Gasteiger partial charge < -0.3 is 20.7 Å². The van der Waals surface area contributed by atoms with Crippen LogP contribution in [0.25, 0.3) is 32.9 Å². The number of nitrogens with one attached hydrogen (secondary N) is 1. The normalized spacial score (nSPS) is 20.2. The zero-order valence-electron chi connectivity index (χ0n) is 26.9.